The van der Waals surface area contributed by atoms with Crippen LogP contribution in [0.4, 0.5) is 13.2 Å². The molecule has 308 valence electrons. The Labute approximate surface area is 334 Å². The van der Waals surface area contributed by atoms with Gasteiger partial charge in [0.15, 0.2) is 16.6 Å². The maximum atomic E-state index is 13.3. The molecule has 2 amide bonds. The minimum absolute atomic E-state index is 0.000430. The van der Waals surface area contributed by atoms with Crippen LogP contribution in [0.3, 0.4) is 0 Å². The van der Waals surface area contributed by atoms with Crippen molar-refractivity contribution < 1.29 is 31.6 Å². The molecule has 0 bridgehead atoms. The molecule has 13 heteroatoms. The average Bonchev–Trinajstić information content (AvgIpc) is 3.12. The van der Waals surface area contributed by atoms with Crippen LogP contribution in [-0.4, -0.2) is 62.7 Å². The predicted octanol–water partition coefficient (Wildman–Crippen LogP) is 10.7. The number of alkyl halides is 3. The van der Waals surface area contributed by atoms with Crippen LogP contribution >= 0.6 is 0 Å². The number of nitrogens with zero attached hydrogens (tertiary/aromatic N) is 2. The Morgan fingerprint density at radius 2 is 1.16 bits per heavy atom. The number of pyridine rings is 2. The van der Waals surface area contributed by atoms with Crippen LogP contribution in [0.2, 0.25) is 36.3 Å². The summed E-state index contributed by atoms with van der Waals surface area (Å²) < 4.78 is 53.0. The van der Waals surface area contributed by atoms with Gasteiger partial charge in [-0.2, -0.15) is 13.2 Å². The molecule has 2 saturated carbocycles. The van der Waals surface area contributed by atoms with Gasteiger partial charge in [-0.25, -0.2) is 0 Å². The fourth-order valence-electron chi connectivity index (χ4n) is 6.70. The van der Waals surface area contributed by atoms with E-state index in [9.17, 15) is 22.8 Å². The number of carbonyl (C=O) groups excluding carboxylic acids is 2. The van der Waals surface area contributed by atoms with Gasteiger partial charge in [0.1, 0.15) is 11.4 Å². The van der Waals surface area contributed by atoms with E-state index in [1.54, 1.807) is 42.7 Å². The molecule has 2 aliphatic carbocycles. The number of amides is 2. The van der Waals surface area contributed by atoms with Crippen LogP contribution in [0, 0.1) is 0 Å². The third-order valence-corrected chi connectivity index (χ3v) is 21.1. The van der Waals surface area contributed by atoms with Crippen molar-refractivity contribution in [3.63, 3.8) is 0 Å². The number of aromatic nitrogens is 2. The van der Waals surface area contributed by atoms with Gasteiger partial charge in [0.25, 0.3) is 11.8 Å². The van der Waals surface area contributed by atoms with Gasteiger partial charge in [0, 0.05) is 12.4 Å². The molecular formula is C43H63F3N4O4Si2. The third-order valence-electron chi connectivity index (χ3n) is 12.1. The van der Waals surface area contributed by atoms with Crippen molar-refractivity contribution in [2.24, 2.45) is 0 Å². The van der Waals surface area contributed by atoms with Crippen molar-refractivity contribution in [2.75, 3.05) is 0 Å². The monoisotopic (exact) mass is 812 g/mol. The molecular weight excluding hydrogens is 750 g/mol. The molecule has 2 fully saturated rings. The van der Waals surface area contributed by atoms with Crippen LogP contribution in [-0.2, 0) is 15.0 Å². The van der Waals surface area contributed by atoms with Crippen molar-refractivity contribution in [1.29, 1.82) is 0 Å². The quantitative estimate of drug-likeness (QED) is 0.209. The summed E-state index contributed by atoms with van der Waals surface area (Å²) in [5, 5.41) is 6.41. The largest absolute Gasteiger partial charge is 0.416 e. The average molecular weight is 813 g/mol. The summed E-state index contributed by atoms with van der Waals surface area (Å²) in [6.07, 6.45) is 4.97. The number of halogens is 3. The van der Waals surface area contributed by atoms with E-state index in [0.717, 1.165) is 25.3 Å². The Hall–Kier alpha value is -3.40. The molecule has 56 heavy (non-hydrogen) atoms. The summed E-state index contributed by atoms with van der Waals surface area (Å²) in [6, 6.07) is 15.8. The minimum atomic E-state index is -4.38. The van der Waals surface area contributed by atoms with E-state index in [1.807, 2.05) is 12.1 Å². The van der Waals surface area contributed by atoms with Gasteiger partial charge in [-0.1, -0.05) is 84.7 Å². The molecule has 2 heterocycles. The Kier molecular flexibility index (Phi) is 14.9. The van der Waals surface area contributed by atoms with Gasteiger partial charge >= 0.3 is 6.18 Å². The molecule has 8 nitrogen and oxygen atoms in total. The lowest BCUT2D eigenvalue weighted by atomic mass is 9.79. The Morgan fingerprint density at radius 1 is 0.661 bits per heavy atom. The first-order valence-corrected chi connectivity index (χ1v) is 25.8. The number of hydrogen-bond donors (Lipinski definition) is 2. The van der Waals surface area contributed by atoms with E-state index < -0.39 is 28.4 Å². The second kappa shape index (κ2) is 18.5. The zero-order chi connectivity index (χ0) is 41.5. The standard InChI is InChI=1S/C25H33F3N2O2Si.C18H30N2O2Si/c1-24(2,3)33(4,5)32-22-13-12-18(17-9-8-10-19(15-17)25(26,27)28)16-21(22)30-23(31)20-11-6-7-14-29-20;1-18(2,3)23(4,5)22-16-12-7-6-10-14(16)20-17(21)15-11-8-9-13-19-15/h6-11,14-15,18,21-22H,12-13,16H2,1-5H3,(H,30,31);8-9,11,13-14,16H,6-7,10,12H2,1-5H3,(H,20,21)/t18-,21-,22-;14-,16-/m00/s1. The van der Waals surface area contributed by atoms with Crippen LogP contribution in [0.1, 0.15) is 125 Å². The van der Waals surface area contributed by atoms with Crippen LogP contribution in [0.15, 0.2) is 73.1 Å². The number of carbonyl (C=O) groups is 2. The summed E-state index contributed by atoms with van der Waals surface area (Å²) in [5.41, 5.74) is 0.787. The first kappa shape index (κ1) is 45.3. The Bertz CT molecular complexity index is 1730. The summed E-state index contributed by atoms with van der Waals surface area (Å²) in [7, 11) is -3.95. The third kappa shape index (κ3) is 12.3. The smallest absolute Gasteiger partial charge is 0.412 e. The Morgan fingerprint density at radius 3 is 1.64 bits per heavy atom. The highest BCUT2D eigenvalue weighted by molar-refractivity contribution is 6.74. The highest BCUT2D eigenvalue weighted by Gasteiger charge is 2.44. The highest BCUT2D eigenvalue weighted by atomic mass is 28.4. The zero-order valence-corrected chi connectivity index (χ0v) is 36.9. The van der Waals surface area contributed by atoms with Crippen molar-refractivity contribution in [2.45, 2.75) is 159 Å². The van der Waals surface area contributed by atoms with E-state index >= 15 is 0 Å². The molecule has 5 atom stereocenters. The fraction of sp³-hybridized carbons (Fsp3) is 0.581. The maximum Gasteiger partial charge on any atom is 0.416 e. The van der Waals surface area contributed by atoms with Gasteiger partial charge in [-0.05, 0) is 110 Å². The molecule has 0 saturated heterocycles. The van der Waals surface area contributed by atoms with Crippen molar-refractivity contribution in [3.8, 4) is 0 Å². The fourth-order valence-corrected chi connectivity index (χ4v) is 9.48. The molecule has 1 aromatic carbocycles. The second-order valence-electron chi connectivity index (χ2n) is 18.3. The maximum absolute atomic E-state index is 13.3. The van der Waals surface area contributed by atoms with Gasteiger partial charge in [0.05, 0.1) is 29.9 Å². The zero-order valence-electron chi connectivity index (χ0n) is 34.9. The van der Waals surface area contributed by atoms with Crippen molar-refractivity contribution in [1.82, 2.24) is 20.6 Å². The minimum Gasteiger partial charge on any atom is -0.412 e. The lowest BCUT2D eigenvalue weighted by Gasteiger charge is -2.44. The lowest BCUT2D eigenvalue weighted by molar-refractivity contribution is -0.137. The van der Waals surface area contributed by atoms with E-state index in [-0.39, 0.29) is 52.1 Å². The molecule has 0 aliphatic heterocycles. The number of rotatable bonds is 9. The first-order valence-electron chi connectivity index (χ1n) is 19.9. The molecule has 0 unspecified atom stereocenters. The van der Waals surface area contributed by atoms with Crippen molar-refractivity contribution in [3.05, 3.63) is 95.6 Å². The molecule has 0 spiro atoms. The Balaban J connectivity index is 0.000000265. The SMILES string of the molecule is CC(C)(C)[Si](C)(C)O[C@H]1CCCC[C@@H]1NC(=O)c1ccccn1.CC(C)(C)[Si](C)(C)O[C@H]1CC[C@H](c2cccc(C(F)(F)F)c2)C[C@@H]1NC(=O)c1ccccn1. The normalized spacial score (nSPS) is 22.3. The van der Waals surface area contributed by atoms with Crippen molar-refractivity contribution >= 4 is 28.4 Å². The molecule has 2 aromatic heterocycles. The van der Waals surface area contributed by atoms with Gasteiger partial charge in [0.2, 0.25) is 0 Å². The summed E-state index contributed by atoms with van der Waals surface area (Å²) >= 11 is 0. The number of nitrogens with one attached hydrogen (secondary N) is 2. The van der Waals surface area contributed by atoms with Crippen LogP contribution in [0.5, 0.6) is 0 Å². The number of benzene rings is 1. The molecule has 2 aliphatic rings. The van der Waals surface area contributed by atoms with Crippen LogP contribution < -0.4 is 10.6 Å². The summed E-state index contributed by atoms with van der Waals surface area (Å²) in [4.78, 5) is 33.6. The van der Waals surface area contributed by atoms with Gasteiger partial charge in [-0.15, -0.1) is 0 Å². The van der Waals surface area contributed by atoms with Gasteiger partial charge < -0.3 is 19.5 Å². The summed E-state index contributed by atoms with van der Waals surface area (Å²) in [5.74, 6) is -0.490. The van der Waals surface area contributed by atoms with Gasteiger partial charge in [-0.3, -0.25) is 19.6 Å². The summed E-state index contributed by atoms with van der Waals surface area (Å²) in [6.45, 7) is 22.1. The van der Waals surface area contributed by atoms with E-state index in [0.29, 0.717) is 36.2 Å². The molecule has 3 aromatic rings. The number of hydrogen-bond acceptors (Lipinski definition) is 6. The lowest BCUT2D eigenvalue weighted by Crippen LogP contribution is -2.53. The first-order chi connectivity index (χ1) is 26.0. The van der Waals surface area contributed by atoms with E-state index in [1.165, 1.54) is 18.6 Å². The molecule has 5 rings (SSSR count). The molecule has 2 N–H and O–H groups in total. The second-order valence-corrected chi connectivity index (χ2v) is 27.9. The topological polar surface area (TPSA) is 102 Å². The van der Waals surface area contributed by atoms with E-state index in [2.05, 4.69) is 88.3 Å². The van der Waals surface area contributed by atoms with Crippen LogP contribution in [0.25, 0.3) is 0 Å². The van der Waals surface area contributed by atoms with E-state index in [4.69, 9.17) is 8.85 Å². The highest BCUT2D eigenvalue weighted by Crippen LogP contribution is 2.43. The predicted molar refractivity (Wildman–Crippen MR) is 222 cm³/mol. The molecule has 0 radical (unpaired) electrons.